The predicted octanol–water partition coefficient (Wildman–Crippen LogP) is 5.99. The normalized spacial score (nSPS) is 15.8. The third kappa shape index (κ3) is 6.81. The van der Waals surface area contributed by atoms with Crippen LogP contribution >= 0.6 is 0 Å². The maximum atomic E-state index is 14.4. The third-order valence-electron chi connectivity index (χ3n) is 7.90. The van der Waals surface area contributed by atoms with Crippen LogP contribution in [0.3, 0.4) is 0 Å². The van der Waals surface area contributed by atoms with E-state index in [2.05, 4.69) is 37.0 Å². The Balaban J connectivity index is 1.18. The highest BCUT2D eigenvalue weighted by Gasteiger charge is 2.31. The minimum Gasteiger partial charge on any atom is -0.491 e. The number of nitrogens with zero attached hydrogens (tertiary/aromatic N) is 4. The van der Waals surface area contributed by atoms with Crippen LogP contribution in [0.5, 0.6) is 5.75 Å². The van der Waals surface area contributed by atoms with Gasteiger partial charge in [-0.05, 0) is 61.2 Å². The fourth-order valence-corrected chi connectivity index (χ4v) is 5.51. The number of nitrogens with one attached hydrogen (secondary N) is 2. The first-order valence-corrected chi connectivity index (χ1v) is 14.6. The number of fused-ring (bicyclic) bond motifs is 1. The van der Waals surface area contributed by atoms with Gasteiger partial charge in [-0.1, -0.05) is 24.8 Å². The molecule has 10 heteroatoms. The standard InChI is InChI=1S/C33H34F2N6O2/c1-2-31(42)39-29-19-25-28(20-30(29)43-17-5-12-40-13-15-41(16-14-40)24-10-11-24)36-21-37-33(25)38-23-7-3-6-22(18-23)32-26(34)8-4-9-27(32)35/h2-4,6-9,18-21,24H,1,5,10-17H2,(H,39,42)(H,36,37,38). The summed E-state index contributed by atoms with van der Waals surface area (Å²) in [4.78, 5) is 26.2. The Kier molecular flexibility index (Phi) is 8.57. The van der Waals surface area contributed by atoms with E-state index < -0.39 is 11.6 Å². The van der Waals surface area contributed by atoms with Crippen LogP contribution in [0.1, 0.15) is 19.3 Å². The number of halogens is 2. The summed E-state index contributed by atoms with van der Waals surface area (Å²) in [5, 5.41) is 6.70. The highest BCUT2D eigenvalue weighted by Crippen LogP contribution is 2.35. The average Bonchev–Trinajstić information content (AvgIpc) is 3.86. The van der Waals surface area contributed by atoms with Gasteiger partial charge < -0.3 is 20.3 Å². The molecule has 0 radical (unpaired) electrons. The van der Waals surface area contributed by atoms with Gasteiger partial charge in [-0.15, -0.1) is 0 Å². The van der Waals surface area contributed by atoms with Crippen LogP contribution in [0, 0.1) is 11.6 Å². The molecule has 0 unspecified atom stereocenters. The van der Waals surface area contributed by atoms with Gasteiger partial charge in [0.05, 0.1) is 23.4 Å². The summed E-state index contributed by atoms with van der Waals surface area (Å²) >= 11 is 0. The van der Waals surface area contributed by atoms with Crippen molar-refractivity contribution in [3.8, 4) is 16.9 Å². The van der Waals surface area contributed by atoms with Crippen LogP contribution < -0.4 is 15.4 Å². The van der Waals surface area contributed by atoms with Crippen molar-refractivity contribution in [2.75, 3.05) is 50.0 Å². The minimum absolute atomic E-state index is 0.101. The zero-order valence-electron chi connectivity index (χ0n) is 23.9. The maximum Gasteiger partial charge on any atom is 0.247 e. The van der Waals surface area contributed by atoms with Crippen LogP contribution in [0.15, 0.2) is 73.6 Å². The fraction of sp³-hybridized carbons (Fsp3) is 0.303. The molecule has 4 aromatic rings. The summed E-state index contributed by atoms with van der Waals surface area (Å²) in [5.41, 5.74) is 1.94. The van der Waals surface area contributed by atoms with Gasteiger partial charge in [0.1, 0.15) is 29.5 Å². The Morgan fingerprint density at radius 3 is 2.53 bits per heavy atom. The Hall–Kier alpha value is -4.41. The zero-order chi connectivity index (χ0) is 29.8. The lowest BCUT2D eigenvalue weighted by molar-refractivity contribution is -0.111. The number of benzene rings is 3. The molecule has 1 saturated heterocycles. The quantitative estimate of drug-likeness (QED) is 0.166. The minimum atomic E-state index is -0.643. The topological polar surface area (TPSA) is 82.6 Å². The van der Waals surface area contributed by atoms with Crippen LogP contribution in [0.4, 0.5) is 26.0 Å². The third-order valence-corrected chi connectivity index (χ3v) is 7.90. The smallest absolute Gasteiger partial charge is 0.247 e. The van der Waals surface area contributed by atoms with Gasteiger partial charge in [-0.3, -0.25) is 9.69 Å². The molecule has 3 aromatic carbocycles. The molecule has 2 fully saturated rings. The van der Waals surface area contributed by atoms with Crippen molar-refractivity contribution in [1.82, 2.24) is 19.8 Å². The summed E-state index contributed by atoms with van der Waals surface area (Å²) in [5.74, 6) is -0.694. The van der Waals surface area contributed by atoms with Crippen molar-refractivity contribution in [3.05, 3.63) is 85.2 Å². The zero-order valence-corrected chi connectivity index (χ0v) is 23.9. The number of rotatable bonds is 11. The van der Waals surface area contributed by atoms with Gasteiger partial charge in [-0.2, -0.15) is 0 Å². The molecule has 1 aliphatic carbocycles. The largest absolute Gasteiger partial charge is 0.491 e. The molecule has 0 spiro atoms. The molecule has 2 heterocycles. The molecule has 6 rings (SSSR count). The second-order valence-electron chi connectivity index (χ2n) is 10.9. The molecule has 1 aromatic heterocycles. The molecular formula is C33H34F2N6O2. The van der Waals surface area contributed by atoms with Crippen molar-refractivity contribution in [2.45, 2.75) is 25.3 Å². The maximum absolute atomic E-state index is 14.4. The van der Waals surface area contributed by atoms with Crippen molar-refractivity contribution < 1.29 is 18.3 Å². The lowest BCUT2D eigenvalue weighted by Gasteiger charge is -2.34. The molecule has 8 nitrogen and oxygen atoms in total. The number of carbonyl (C=O) groups excluding carboxylic acids is 1. The molecule has 0 bridgehead atoms. The predicted molar refractivity (Wildman–Crippen MR) is 165 cm³/mol. The molecule has 2 N–H and O–H groups in total. The first-order valence-electron chi connectivity index (χ1n) is 14.6. The van der Waals surface area contributed by atoms with Crippen molar-refractivity contribution in [1.29, 1.82) is 0 Å². The van der Waals surface area contributed by atoms with E-state index in [1.165, 1.54) is 43.4 Å². The van der Waals surface area contributed by atoms with Crippen LogP contribution in [-0.4, -0.2) is 71.0 Å². The van der Waals surface area contributed by atoms with Crippen molar-refractivity contribution >= 4 is 34.0 Å². The summed E-state index contributed by atoms with van der Waals surface area (Å²) in [6, 6.07) is 14.9. The van der Waals surface area contributed by atoms with Crippen LogP contribution in [0.2, 0.25) is 0 Å². The number of amides is 1. The van der Waals surface area contributed by atoms with Gasteiger partial charge >= 0.3 is 0 Å². The molecule has 1 amide bonds. The number of ether oxygens (including phenoxy) is 1. The van der Waals surface area contributed by atoms with Gasteiger partial charge in [0.2, 0.25) is 5.91 Å². The van der Waals surface area contributed by atoms with Gasteiger partial charge in [0.15, 0.2) is 0 Å². The summed E-state index contributed by atoms with van der Waals surface area (Å²) in [7, 11) is 0. The summed E-state index contributed by atoms with van der Waals surface area (Å²) < 4.78 is 35.0. The average molecular weight is 585 g/mol. The van der Waals surface area contributed by atoms with E-state index in [4.69, 9.17) is 4.74 Å². The first kappa shape index (κ1) is 28.7. The molecule has 0 atom stereocenters. The Labute approximate surface area is 249 Å². The molecular weight excluding hydrogens is 550 g/mol. The molecule has 1 aliphatic heterocycles. The van der Waals surface area contributed by atoms with E-state index in [1.807, 2.05) is 0 Å². The highest BCUT2D eigenvalue weighted by molar-refractivity contribution is 6.03. The monoisotopic (exact) mass is 584 g/mol. The Morgan fingerprint density at radius 1 is 1.02 bits per heavy atom. The van der Waals surface area contributed by atoms with Crippen LogP contribution in [0.25, 0.3) is 22.0 Å². The number of hydrogen-bond donors (Lipinski definition) is 2. The number of anilines is 3. The van der Waals surface area contributed by atoms with E-state index in [-0.39, 0.29) is 11.5 Å². The fourth-order valence-electron chi connectivity index (χ4n) is 5.51. The number of hydrogen-bond acceptors (Lipinski definition) is 7. The molecule has 1 saturated carbocycles. The second-order valence-corrected chi connectivity index (χ2v) is 10.9. The molecule has 2 aliphatic rings. The lowest BCUT2D eigenvalue weighted by Crippen LogP contribution is -2.47. The molecule has 222 valence electrons. The van der Waals surface area contributed by atoms with E-state index >= 15 is 0 Å². The Bertz CT molecular complexity index is 1620. The number of aromatic nitrogens is 2. The van der Waals surface area contributed by atoms with E-state index in [1.54, 1.807) is 36.4 Å². The van der Waals surface area contributed by atoms with Gasteiger partial charge in [0.25, 0.3) is 0 Å². The SMILES string of the molecule is C=CC(=O)Nc1cc2c(Nc3cccc(-c4c(F)cccc4F)c3)ncnc2cc1OCCCN1CCN(C2CC2)CC1. The van der Waals surface area contributed by atoms with Crippen LogP contribution in [-0.2, 0) is 4.79 Å². The van der Waals surface area contributed by atoms with Crippen molar-refractivity contribution in [2.24, 2.45) is 0 Å². The summed E-state index contributed by atoms with van der Waals surface area (Å²) in [6.07, 6.45) is 6.17. The second kappa shape index (κ2) is 12.8. The summed E-state index contributed by atoms with van der Waals surface area (Å²) in [6.45, 7) is 9.43. The lowest BCUT2D eigenvalue weighted by atomic mass is 10.0. The Morgan fingerprint density at radius 2 is 1.79 bits per heavy atom. The van der Waals surface area contributed by atoms with Gasteiger partial charge in [0, 0.05) is 55.9 Å². The van der Waals surface area contributed by atoms with E-state index in [0.717, 1.165) is 45.2 Å². The number of carbonyl (C=O) groups is 1. The van der Waals surface area contributed by atoms with Crippen molar-refractivity contribution in [3.63, 3.8) is 0 Å². The van der Waals surface area contributed by atoms with E-state index in [0.29, 0.717) is 46.0 Å². The number of piperazine rings is 1. The van der Waals surface area contributed by atoms with Gasteiger partial charge in [-0.25, -0.2) is 18.7 Å². The first-order chi connectivity index (χ1) is 21.0. The van der Waals surface area contributed by atoms with E-state index in [9.17, 15) is 13.6 Å². The molecule has 43 heavy (non-hydrogen) atoms. The highest BCUT2D eigenvalue weighted by atomic mass is 19.1.